The second-order valence-corrected chi connectivity index (χ2v) is 10.7. The molecule has 6 rings (SSSR count). The summed E-state index contributed by atoms with van der Waals surface area (Å²) in [4.78, 5) is 30.4. The maximum atomic E-state index is 11.5. The molecule has 0 unspecified atom stereocenters. The number of tetrazole rings is 1. The molecule has 13 nitrogen and oxygen atoms in total. The predicted molar refractivity (Wildman–Crippen MR) is 146 cm³/mol. The number of aromatic amines is 1. The highest BCUT2D eigenvalue weighted by molar-refractivity contribution is 7.17. The molecule has 202 valence electrons. The van der Waals surface area contributed by atoms with Gasteiger partial charge in [-0.15, -0.1) is 10.2 Å². The first kappa shape index (κ1) is 25.1. The predicted octanol–water partition coefficient (Wildman–Crippen LogP) is 2.78. The molecule has 1 fully saturated rings. The van der Waals surface area contributed by atoms with Crippen molar-refractivity contribution in [3.05, 3.63) is 46.0 Å². The second kappa shape index (κ2) is 10.5. The summed E-state index contributed by atoms with van der Waals surface area (Å²) in [6.07, 6.45) is 2.91. The summed E-state index contributed by atoms with van der Waals surface area (Å²) in [7, 11) is 0. The van der Waals surface area contributed by atoms with E-state index in [2.05, 4.69) is 52.9 Å². The number of hydrogen-bond acceptors (Lipinski definition) is 12. The van der Waals surface area contributed by atoms with E-state index in [4.69, 9.17) is 9.97 Å². The van der Waals surface area contributed by atoms with E-state index in [-0.39, 0.29) is 11.0 Å². The van der Waals surface area contributed by atoms with Gasteiger partial charge < -0.3 is 20.0 Å². The Labute approximate surface area is 227 Å². The first-order valence-electron chi connectivity index (χ1n) is 12.8. The summed E-state index contributed by atoms with van der Waals surface area (Å²) in [5.41, 5.74) is 3.54. The molecule has 39 heavy (non-hydrogen) atoms. The number of nitrogens with zero attached hydrogens (tertiary/aromatic N) is 8. The standard InChI is InChI=1S/C25H28N10O3S/c1-14-19(23(37)38)39-25(26-14)29-24-27-21(34-11-8-17(36)9-12-34)18-3-2-10-35(22(18)28-24)13-15-4-6-16(7-5-15)20-30-32-33-31-20/h4-7,17,36H,2-3,8-13H2,1H3,(H,37,38)(H,26,27,28,29)(H,30,31,32,33). The minimum Gasteiger partial charge on any atom is -0.477 e. The number of nitrogens with one attached hydrogen (secondary N) is 2. The fourth-order valence-electron chi connectivity index (χ4n) is 5.06. The molecule has 4 N–H and O–H groups in total. The second-order valence-electron chi connectivity index (χ2n) is 9.71. The van der Waals surface area contributed by atoms with Crippen molar-refractivity contribution in [3.8, 4) is 11.4 Å². The number of carbonyl (C=O) groups is 1. The van der Waals surface area contributed by atoms with Crippen LogP contribution in [0.4, 0.5) is 22.7 Å². The highest BCUT2D eigenvalue weighted by Gasteiger charge is 2.29. The van der Waals surface area contributed by atoms with Gasteiger partial charge in [0.05, 0.1) is 11.8 Å². The smallest absolute Gasteiger partial charge is 0.347 e. The van der Waals surface area contributed by atoms with Gasteiger partial charge in [-0.3, -0.25) is 5.32 Å². The molecule has 0 amide bonds. The molecular formula is C25H28N10O3S. The van der Waals surface area contributed by atoms with Crippen molar-refractivity contribution >= 4 is 40.0 Å². The number of aryl methyl sites for hydroxylation is 1. The van der Waals surface area contributed by atoms with Crippen LogP contribution in [0, 0.1) is 6.92 Å². The van der Waals surface area contributed by atoms with Crippen molar-refractivity contribution in [3.63, 3.8) is 0 Å². The number of aliphatic hydroxyl groups excluding tert-OH is 1. The minimum atomic E-state index is -1.01. The van der Waals surface area contributed by atoms with Crippen LogP contribution < -0.4 is 15.1 Å². The normalized spacial score (nSPS) is 15.8. The van der Waals surface area contributed by atoms with Crippen LogP contribution in [0.2, 0.25) is 0 Å². The third kappa shape index (κ3) is 5.25. The number of anilines is 4. The molecule has 0 saturated carbocycles. The summed E-state index contributed by atoms with van der Waals surface area (Å²) in [6, 6.07) is 8.07. The van der Waals surface area contributed by atoms with E-state index in [1.165, 1.54) is 0 Å². The Morgan fingerprint density at radius 1 is 1.13 bits per heavy atom. The van der Waals surface area contributed by atoms with Gasteiger partial charge in [-0.05, 0) is 43.4 Å². The van der Waals surface area contributed by atoms with Crippen LogP contribution in [0.25, 0.3) is 11.4 Å². The Morgan fingerprint density at radius 2 is 1.90 bits per heavy atom. The summed E-state index contributed by atoms with van der Waals surface area (Å²) in [6.45, 7) is 4.60. The number of carboxylic acids is 1. The van der Waals surface area contributed by atoms with Crippen LogP contribution in [0.15, 0.2) is 24.3 Å². The van der Waals surface area contributed by atoms with Gasteiger partial charge in [0, 0.05) is 37.3 Å². The maximum absolute atomic E-state index is 11.5. The minimum absolute atomic E-state index is 0.187. The van der Waals surface area contributed by atoms with Crippen LogP contribution >= 0.6 is 11.3 Å². The summed E-state index contributed by atoms with van der Waals surface area (Å²) in [5, 5.41) is 37.3. The SMILES string of the molecule is Cc1nc(Nc2nc(N3CCC(O)CC3)c3c(n2)N(Cc2ccc(-c4nn[nH]n4)cc2)CCC3)sc1C(=O)O. The molecular weight excluding hydrogens is 520 g/mol. The van der Waals surface area contributed by atoms with Gasteiger partial charge in [0.1, 0.15) is 16.5 Å². The maximum Gasteiger partial charge on any atom is 0.347 e. The monoisotopic (exact) mass is 548 g/mol. The van der Waals surface area contributed by atoms with Gasteiger partial charge in [0.25, 0.3) is 0 Å². The lowest BCUT2D eigenvalue weighted by atomic mass is 10.0. The first-order chi connectivity index (χ1) is 18.9. The number of hydrogen-bond donors (Lipinski definition) is 4. The summed E-state index contributed by atoms with van der Waals surface area (Å²) >= 11 is 1.07. The quantitative estimate of drug-likeness (QED) is 0.267. The molecule has 5 heterocycles. The molecule has 2 aliphatic heterocycles. The Kier molecular flexibility index (Phi) is 6.79. The fraction of sp³-hybridized carbons (Fsp3) is 0.400. The molecule has 0 spiro atoms. The fourth-order valence-corrected chi connectivity index (χ4v) is 5.85. The zero-order valence-corrected chi connectivity index (χ0v) is 22.1. The molecule has 2 aliphatic rings. The van der Waals surface area contributed by atoms with Gasteiger partial charge in [0.2, 0.25) is 11.8 Å². The number of aromatic carboxylic acids is 1. The summed E-state index contributed by atoms with van der Waals surface area (Å²) in [5.74, 6) is 1.63. The van der Waals surface area contributed by atoms with Crippen LogP contribution in [0.3, 0.4) is 0 Å². The third-order valence-electron chi connectivity index (χ3n) is 7.02. The number of thiazole rings is 1. The van der Waals surface area contributed by atoms with E-state index >= 15 is 0 Å². The number of aromatic nitrogens is 7. The van der Waals surface area contributed by atoms with E-state index in [9.17, 15) is 15.0 Å². The number of piperidine rings is 1. The number of fused-ring (bicyclic) bond motifs is 1. The van der Waals surface area contributed by atoms with E-state index in [1.54, 1.807) is 6.92 Å². The average molecular weight is 549 g/mol. The van der Waals surface area contributed by atoms with E-state index in [1.807, 2.05) is 12.1 Å². The highest BCUT2D eigenvalue weighted by atomic mass is 32.1. The lowest BCUT2D eigenvalue weighted by molar-refractivity contribution is 0.0701. The van der Waals surface area contributed by atoms with Crippen LogP contribution in [0.5, 0.6) is 0 Å². The van der Waals surface area contributed by atoms with Gasteiger partial charge in [-0.2, -0.15) is 15.2 Å². The largest absolute Gasteiger partial charge is 0.477 e. The van der Waals surface area contributed by atoms with Crippen molar-refractivity contribution in [2.45, 2.75) is 45.3 Å². The zero-order valence-electron chi connectivity index (χ0n) is 21.3. The number of aliphatic hydroxyl groups is 1. The number of carboxylic acid groups (broad SMARTS) is 1. The van der Waals surface area contributed by atoms with E-state index in [0.717, 1.165) is 59.0 Å². The van der Waals surface area contributed by atoms with Crippen molar-refractivity contribution in [1.29, 1.82) is 0 Å². The van der Waals surface area contributed by atoms with E-state index in [0.29, 0.717) is 55.1 Å². The molecule has 14 heteroatoms. The Balaban J connectivity index is 1.33. The Bertz CT molecular complexity index is 1470. The number of benzene rings is 1. The average Bonchev–Trinajstić information content (AvgIpc) is 3.60. The Hall–Kier alpha value is -4.17. The van der Waals surface area contributed by atoms with Crippen LogP contribution in [-0.4, -0.2) is 77.5 Å². The molecule has 1 saturated heterocycles. The van der Waals surface area contributed by atoms with Crippen LogP contribution in [0.1, 0.15) is 45.8 Å². The third-order valence-corrected chi connectivity index (χ3v) is 8.08. The van der Waals surface area contributed by atoms with Crippen molar-refractivity contribution in [1.82, 2.24) is 35.6 Å². The molecule has 0 aliphatic carbocycles. The highest BCUT2D eigenvalue weighted by Crippen LogP contribution is 2.36. The zero-order chi connectivity index (χ0) is 26.9. The lowest BCUT2D eigenvalue weighted by Crippen LogP contribution is -2.38. The molecule has 0 bridgehead atoms. The molecule has 1 aromatic carbocycles. The first-order valence-corrected chi connectivity index (χ1v) is 13.7. The summed E-state index contributed by atoms with van der Waals surface area (Å²) < 4.78 is 0. The van der Waals surface area contributed by atoms with Gasteiger partial charge in [-0.25, -0.2) is 9.78 Å². The topological polar surface area (TPSA) is 169 Å². The Morgan fingerprint density at radius 3 is 2.59 bits per heavy atom. The number of H-pyrrole nitrogens is 1. The van der Waals surface area contributed by atoms with Gasteiger partial charge in [-0.1, -0.05) is 35.6 Å². The molecule has 4 aromatic rings. The molecule has 0 atom stereocenters. The number of rotatable bonds is 7. The van der Waals surface area contributed by atoms with Crippen molar-refractivity contribution < 1.29 is 15.0 Å². The van der Waals surface area contributed by atoms with Crippen molar-refractivity contribution in [2.75, 3.05) is 34.8 Å². The lowest BCUT2D eigenvalue weighted by Gasteiger charge is -2.36. The molecule has 0 radical (unpaired) electrons. The van der Waals surface area contributed by atoms with Gasteiger partial charge >= 0.3 is 5.97 Å². The van der Waals surface area contributed by atoms with Gasteiger partial charge in [0.15, 0.2) is 5.13 Å². The van der Waals surface area contributed by atoms with Crippen LogP contribution in [-0.2, 0) is 13.0 Å². The van der Waals surface area contributed by atoms with E-state index < -0.39 is 5.97 Å². The molecule has 3 aromatic heterocycles. The van der Waals surface area contributed by atoms with Crippen molar-refractivity contribution in [2.24, 2.45) is 0 Å².